The summed E-state index contributed by atoms with van der Waals surface area (Å²) < 4.78 is 7.58. The van der Waals surface area contributed by atoms with Gasteiger partial charge in [0.05, 0.1) is 12.7 Å². The van der Waals surface area contributed by atoms with E-state index in [0.717, 1.165) is 75.0 Å². The van der Waals surface area contributed by atoms with Crippen LogP contribution < -0.4 is 10.6 Å². The molecule has 3 aromatic rings. The summed E-state index contributed by atoms with van der Waals surface area (Å²) in [6.45, 7) is 7.98. The van der Waals surface area contributed by atoms with Crippen molar-refractivity contribution >= 4 is 29.4 Å². The van der Waals surface area contributed by atoms with Gasteiger partial charge in [0, 0.05) is 75.3 Å². The number of nitrogens with one attached hydrogen (secondary N) is 2. The number of benzene rings is 1. The van der Waals surface area contributed by atoms with Crippen LogP contribution in [0.5, 0.6) is 0 Å². The summed E-state index contributed by atoms with van der Waals surface area (Å²) in [4.78, 5) is 12.1. The third-order valence-corrected chi connectivity index (χ3v) is 7.30. The largest absolute Gasteiger partial charge is 0.393 e. The number of methoxy groups -OCH3 is 1. The molecule has 1 aliphatic carbocycles. The van der Waals surface area contributed by atoms with Gasteiger partial charge in [0.2, 0.25) is 5.95 Å². The first-order valence-corrected chi connectivity index (χ1v) is 12.9. The smallest absolute Gasteiger partial charge is 0.224 e. The molecule has 0 spiro atoms. The number of aliphatic hydroxyl groups excluding tert-OH is 1. The Morgan fingerprint density at radius 1 is 1.14 bits per heavy atom. The zero-order valence-corrected chi connectivity index (χ0v) is 22.1. The predicted molar refractivity (Wildman–Crippen MR) is 147 cm³/mol. The SMILES string of the molecule is COCC(C)Nc1ncc2c(-c3ccc(CN4CCNCC4)cc3)cn(C3CCC(O)CC3)c2n1.Cl. The second-order valence-electron chi connectivity index (χ2n) is 10.1. The maximum Gasteiger partial charge on any atom is 0.224 e. The Kier molecular flexibility index (Phi) is 9.19. The molecule has 1 unspecified atom stereocenters. The molecule has 1 saturated carbocycles. The zero-order valence-electron chi connectivity index (χ0n) is 21.3. The van der Waals surface area contributed by atoms with Crippen molar-refractivity contribution in [1.29, 1.82) is 0 Å². The number of aliphatic hydroxyl groups is 1. The molecule has 0 radical (unpaired) electrons. The molecule has 3 N–H and O–H groups in total. The highest BCUT2D eigenvalue weighted by Crippen LogP contribution is 2.36. The van der Waals surface area contributed by atoms with Gasteiger partial charge >= 0.3 is 0 Å². The van der Waals surface area contributed by atoms with Crippen LogP contribution in [-0.4, -0.2) is 76.6 Å². The normalized spacial score (nSPS) is 21.8. The van der Waals surface area contributed by atoms with E-state index < -0.39 is 0 Å². The third kappa shape index (κ3) is 6.18. The van der Waals surface area contributed by atoms with Crippen LogP contribution in [0.25, 0.3) is 22.2 Å². The van der Waals surface area contributed by atoms with E-state index in [0.29, 0.717) is 18.6 Å². The molecule has 2 fully saturated rings. The van der Waals surface area contributed by atoms with E-state index in [2.05, 4.69) is 62.5 Å². The Labute approximate surface area is 219 Å². The predicted octanol–water partition coefficient (Wildman–Crippen LogP) is 3.85. The number of hydrogen-bond donors (Lipinski definition) is 3. The molecule has 3 heterocycles. The quantitative estimate of drug-likeness (QED) is 0.421. The molecule has 9 heteroatoms. The average molecular weight is 515 g/mol. The summed E-state index contributed by atoms with van der Waals surface area (Å²) in [5, 5.41) is 17.9. The molecule has 0 amide bonds. The van der Waals surface area contributed by atoms with Gasteiger partial charge in [-0.15, -0.1) is 12.4 Å². The summed E-state index contributed by atoms with van der Waals surface area (Å²) in [7, 11) is 1.70. The minimum absolute atomic E-state index is 0. The second-order valence-corrected chi connectivity index (χ2v) is 10.1. The number of fused-ring (bicyclic) bond motifs is 1. The van der Waals surface area contributed by atoms with Gasteiger partial charge in [0.1, 0.15) is 5.65 Å². The Morgan fingerprint density at radius 3 is 2.56 bits per heavy atom. The van der Waals surface area contributed by atoms with Crippen molar-refractivity contribution in [2.24, 2.45) is 0 Å². The fourth-order valence-electron chi connectivity index (χ4n) is 5.37. The molecule has 0 bridgehead atoms. The minimum atomic E-state index is -0.183. The van der Waals surface area contributed by atoms with Gasteiger partial charge in [0.15, 0.2) is 0 Å². The summed E-state index contributed by atoms with van der Waals surface area (Å²) in [5.41, 5.74) is 4.64. The highest BCUT2D eigenvalue weighted by atomic mass is 35.5. The lowest BCUT2D eigenvalue weighted by Crippen LogP contribution is -2.42. The highest BCUT2D eigenvalue weighted by molar-refractivity contribution is 5.94. The minimum Gasteiger partial charge on any atom is -0.393 e. The first kappa shape index (κ1) is 26.8. The van der Waals surface area contributed by atoms with Crippen molar-refractivity contribution in [1.82, 2.24) is 24.8 Å². The molecule has 2 aliphatic rings. The molecular formula is C27H39ClN6O2. The zero-order chi connectivity index (χ0) is 24.2. The van der Waals surface area contributed by atoms with Crippen molar-refractivity contribution in [3.05, 3.63) is 42.2 Å². The lowest BCUT2D eigenvalue weighted by Gasteiger charge is -2.27. The molecule has 1 saturated heterocycles. The number of aromatic nitrogens is 3. The van der Waals surface area contributed by atoms with Crippen LogP contribution in [0.15, 0.2) is 36.7 Å². The Morgan fingerprint density at radius 2 is 1.86 bits per heavy atom. The monoisotopic (exact) mass is 514 g/mol. The van der Waals surface area contributed by atoms with E-state index in [1.807, 2.05) is 6.20 Å². The first-order valence-electron chi connectivity index (χ1n) is 12.9. The van der Waals surface area contributed by atoms with Crippen molar-refractivity contribution in [3.8, 4) is 11.1 Å². The molecule has 36 heavy (non-hydrogen) atoms. The Hall–Kier alpha value is -2.23. The number of ether oxygens (including phenoxy) is 1. The van der Waals surface area contributed by atoms with E-state index in [1.54, 1.807) is 7.11 Å². The third-order valence-electron chi connectivity index (χ3n) is 7.30. The Bertz CT molecular complexity index is 1110. The topological polar surface area (TPSA) is 87.5 Å². The van der Waals surface area contributed by atoms with E-state index in [9.17, 15) is 5.11 Å². The van der Waals surface area contributed by atoms with Crippen LogP contribution in [0.4, 0.5) is 5.95 Å². The van der Waals surface area contributed by atoms with Crippen LogP contribution in [-0.2, 0) is 11.3 Å². The van der Waals surface area contributed by atoms with Gasteiger partial charge < -0.3 is 25.0 Å². The molecule has 1 aliphatic heterocycles. The lowest BCUT2D eigenvalue weighted by atomic mass is 9.93. The van der Waals surface area contributed by atoms with Crippen LogP contribution in [0.1, 0.15) is 44.2 Å². The van der Waals surface area contributed by atoms with Crippen LogP contribution in [0.3, 0.4) is 0 Å². The van der Waals surface area contributed by atoms with Crippen LogP contribution in [0, 0.1) is 0 Å². The van der Waals surface area contributed by atoms with E-state index >= 15 is 0 Å². The Balaban J connectivity index is 0.00000304. The molecule has 8 nitrogen and oxygen atoms in total. The van der Waals surface area contributed by atoms with Gasteiger partial charge in [0.25, 0.3) is 0 Å². The second kappa shape index (κ2) is 12.3. The molecule has 5 rings (SSSR count). The number of rotatable bonds is 8. The fourth-order valence-corrected chi connectivity index (χ4v) is 5.37. The molecule has 2 aromatic heterocycles. The standard InChI is InChI=1S/C27H38N6O2.ClH/c1-19(18-35-2)30-27-29-15-24-25(17-33(26(24)31-27)22-7-9-23(34)10-8-22)21-5-3-20(4-6-21)16-32-13-11-28-12-14-32;/h3-6,15,17,19,22-23,28,34H,7-14,16,18H2,1-2H3,(H,29,30,31);1H. The lowest BCUT2D eigenvalue weighted by molar-refractivity contribution is 0.111. The van der Waals surface area contributed by atoms with Gasteiger partial charge in [-0.05, 0) is 43.7 Å². The summed E-state index contributed by atoms with van der Waals surface area (Å²) in [6, 6.07) is 9.41. The van der Waals surface area contributed by atoms with Crippen molar-refractivity contribution in [2.45, 2.75) is 57.3 Å². The number of piperazine rings is 1. The number of halogens is 1. The average Bonchev–Trinajstić information content (AvgIpc) is 3.24. The molecule has 1 atom stereocenters. The number of nitrogens with zero attached hydrogens (tertiary/aromatic N) is 4. The first-order chi connectivity index (χ1) is 17.1. The highest BCUT2D eigenvalue weighted by Gasteiger charge is 2.24. The maximum absolute atomic E-state index is 10.0. The summed E-state index contributed by atoms with van der Waals surface area (Å²) >= 11 is 0. The van der Waals surface area contributed by atoms with Gasteiger partial charge in [-0.25, -0.2) is 4.98 Å². The van der Waals surface area contributed by atoms with Gasteiger partial charge in [-0.3, -0.25) is 4.90 Å². The maximum atomic E-state index is 10.0. The summed E-state index contributed by atoms with van der Waals surface area (Å²) in [6.07, 6.45) is 7.60. The molecule has 1 aromatic carbocycles. The number of hydrogen-bond acceptors (Lipinski definition) is 7. The van der Waals surface area contributed by atoms with Crippen molar-refractivity contribution in [3.63, 3.8) is 0 Å². The van der Waals surface area contributed by atoms with Gasteiger partial charge in [-0.1, -0.05) is 24.3 Å². The van der Waals surface area contributed by atoms with Crippen molar-refractivity contribution in [2.75, 3.05) is 45.2 Å². The van der Waals surface area contributed by atoms with Crippen LogP contribution >= 0.6 is 12.4 Å². The van der Waals surface area contributed by atoms with E-state index in [-0.39, 0.29) is 24.6 Å². The van der Waals surface area contributed by atoms with Gasteiger partial charge in [-0.2, -0.15) is 4.98 Å². The van der Waals surface area contributed by atoms with E-state index in [4.69, 9.17) is 9.72 Å². The molecule has 196 valence electrons. The molecular weight excluding hydrogens is 476 g/mol. The van der Waals surface area contributed by atoms with E-state index in [1.165, 1.54) is 11.1 Å². The van der Waals surface area contributed by atoms with Crippen LogP contribution in [0.2, 0.25) is 0 Å². The number of anilines is 1. The summed E-state index contributed by atoms with van der Waals surface area (Å²) in [5.74, 6) is 0.621. The van der Waals surface area contributed by atoms with Crippen molar-refractivity contribution < 1.29 is 9.84 Å². The fraction of sp³-hybridized carbons (Fsp3) is 0.556.